The zero-order chi connectivity index (χ0) is 13.9. The van der Waals surface area contributed by atoms with E-state index in [2.05, 4.69) is 23.1 Å². The van der Waals surface area contributed by atoms with E-state index in [0.717, 1.165) is 18.8 Å². The summed E-state index contributed by atoms with van der Waals surface area (Å²) in [7, 11) is 2.06. The van der Waals surface area contributed by atoms with Gasteiger partial charge in [0.05, 0.1) is 22.7 Å². The first-order valence-electron chi connectivity index (χ1n) is 7.61. The van der Waals surface area contributed by atoms with Crippen LogP contribution in [0.4, 0.5) is 0 Å². The molecule has 2 rings (SSSR count). The molecule has 0 saturated heterocycles. The molecule has 0 amide bonds. The molecule has 19 heavy (non-hydrogen) atoms. The first-order valence-corrected chi connectivity index (χ1v) is 8.90. The van der Waals surface area contributed by atoms with Gasteiger partial charge in [-0.25, -0.2) is 0 Å². The molecule has 1 aromatic heterocycles. The fourth-order valence-corrected chi connectivity index (χ4v) is 4.85. The van der Waals surface area contributed by atoms with Crippen LogP contribution in [0.2, 0.25) is 0 Å². The molecule has 1 aliphatic rings. The van der Waals surface area contributed by atoms with Gasteiger partial charge in [0.1, 0.15) is 0 Å². The van der Waals surface area contributed by atoms with Gasteiger partial charge in [0.2, 0.25) is 0 Å². The van der Waals surface area contributed by atoms with Crippen LogP contribution in [0.1, 0.15) is 68.7 Å². The fourth-order valence-electron chi connectivity index (χ4n) is 3.06. The topological polar surface area (TPSA) is 32.3 Å². The van der Waals surface area contributed by atoms with Gasteiger partial charge < -0.3 is 5.11 Å². The number of hydrogen-bond acceptors (Lipinski definition) is 2. The minimum absolute atomic E-state index is 0.0372. The Balaban J connectivity index is 2.25. The molecular weight excluding hydrogens is 254 g/mol. The first kappa shape index (κ1) is 15.0. The van der Waals surface area contributed by atoms with Gasteiger partial charge in [0, 0.05) is 18.7 Å². The van der Waals surface area contributed by atoms with E-state index in [4.69, 9.17) is 0 Å². The van der Waals surface area contributed by atoms with Gasteiger partial charge in [-0.1, -0.05) is 26.2 Å². The molecule has 2 nitrogen and oxygen atoms in total. The fraction of sp³-hybridized carbons (Fsp3) is 0.750. The summed E-state index contributed by atoms with van der Waals surface area (Å²) in [6.07, 6.45) is 8.42. The predicted molar refractivity (Wildman–Crippen MR) is 84.7 cm³/mol. The van der Waals surface area contributed by atoms with Crippen molar-refractivity contribution in [1.82, 2.24) is 0 Å². The minimum atomic E-state index is -0.566. The molecular formula is C16H28NOS+. The van der Waals surface area contributed by atoms with Crippen LogP contribution in [0.25, 0.3) is 0 Å². The Bertz CT molecular complexity index is 405. The minimum Gasteiger partial charge on any atom is -0.390 e. The van der Waals surface area contributed by atoms with E-state index in [0.29, 0.717) is 0 Å². The van der Waals surface area contributed by atoms with Gasteiger partial charge in [0.25, 0.3) is 0 Å². The van der Waals surface area contributed by atoms with Crippen LogP contribution in [-0.2, 0) is 6.42 Å². The van der Waals surface area contributed by atoms with Gasteiger partial charge in [0.15, 0.2) is 10.3 Å². The Morgan fingerprint density at radius 3 is 2.63 bits per heavy atom. The Labute approximate surface area is 120 Å². The SMILES string of the molecule is CCC(C)(O)Cc1c(C2CCCCC2)cc[s+]1NC. The standard InChI is InChI=1S/C16H28NOS/c1-4-16(2,18)12-15-14(10-11-19(15)17-3)13-8-6-5-7-9-13/h10-11,13,17-18H,4-9,12H2,1-3H3/q+1. The monoisotopic (exact) mass is 282 g/mol. The van der Waals surface area contributed by atoms with Crippen molar-refractivity contribution < 1.29 is 5.11 Å². The lowest BCUT2D eigenvalue weighted by molar-refractivity contribution is 0.0569. The van der Waals surface area contributed by atoms with E-state index >= 15 is 0 Å². The predicted octanol–water partition coefficient (Wildman–Crippen LogP) is 4.36. The Hall–Kier alpha value is -0.380. The third-order valence-corrected chi connectivity index (χ3v) is 6.30. The lowest BCUT2D eigenvalue weighted by atomic mass is 9.83. The van der Waals surface area contributed by atoms with Crippen LogP contribution >= 0.6 is 10.7 Å². The number of hydrogen-bond donors (Lipinski definition) is 2. The van der Waals surface area contributed by atoms with E-state index in [9.17, 15) is 5.11 Å². The van der Waals surface area contributed by atoms with E-state index in [-0.39, 0.29) is 10.7 Å². The van der Waals surface area contributed by atoms with Crippen molar-refractivity contribution in [3.05, 3.63) is 21.9 Å². The van der Waals surface area contributed by atoms with Crippen molar-refractivity contribution in [3.63, 3.8) is 0 Å². The summed E-state index contributed by atoms with van der Waals surface area (Å²) in [5.41, 5.74) is 0.967. The summed E-state index contributed by atoms with van der Waals surface area (Å²) in [5, 5.41) is 12.7. The molecule has 0 bridgehead atoms. The highest BCUT2D eigenvalue weighted by Gasteiger charge is 2.31. The molecule has 2 N–H and O–H groups in total. The summed E-state index contributed by atoms with van der Waals surface area (Å²) < 4.78 is 3.40. The van der Waals surface area contributed by atoms with Crippen molar-refractivity contribution in [2.24, 2.45) is 0 Å². The largest absolute Gasteiger partial charge is 0.390 e. The number of nitrogens with one attached hydrogen (secondary N) is 1. The zero-order valence-electron chi connectivity index (χ0n) is 12.5. The molecule has 108 valence electrons. The number of aliphatic hydroxyl groups is 1. The Kier molecular flexibility index (Phi) is 5.04. The molecule has 1 fully saturated rings. The van der Waals surface area contributed by atoms with E-state index < -0.39 is 5.60 Å². The van der Waals surface area contributed by atoms with Gasteiger partial charge >= 0.3 is 0 Å². The highest BCUT2D eigenvalue weighted by molar-refractivity contribution is 7.31. The maximum atomic E-state index is 10.4. The van der Waals surface area contributed by atoms with Gasteiger partial charge in [-0.2, -0.15) is 0 Å². The highest BCUT2D eigenvalue weighted by atomic mass is 32.2. The molecule has 0 aromatic carbocycles. The average molecular weight is 282 g/mol. The van der Waals surface area contributed by atoms with Gasteiger partial charge in [-0.15, -0.1) is 4.72 Å². The highest BCUT2D eigenvalue weighted by Crippen LogP contribution is 2.40. The smallest absolute Gasteiger partial charge is 0.178 e. The van der Waals surface area contributed by atoms with Crippen LogP contribution in [-0.4, -0.2) is 17.8 Å². The molecule has 0 spiro atoms. The van der Waals surface area contributed by atoms with Crippen LogP contribution in [0.3, 0.4) is 0 Å². The van der Waals surface area contributed by atoms with E-state index in [1.807, 2.05) is 14.0 Å². The second-order valence-corrected chi connectivity index (χ2v) is 7.93. The molecule has 0 radical (unpaired) electrons. The quantitative estimate of drug-likeness (QED) is 0.786. The third-order valence-electron chi connectivity index (χ3n) is 4.54. The molecule has 1 aromatic rings. The Morgan fingerprint density at radius 2 is 2.05 bits per heavy atom. The van der Waals surface area contributed by atoms with Crippen molar-refractivity contribution in [3.8, 4) is 0 Å². The second kappa shape index (κ2) is 6.38. The van der Waals surface area contributed by atoms with Gasteiger partial charge in [-0.05, 0) is 32.1 Å². The van der Waals surface area contributed by atoms with Crippen LogP contribution in [0, 0.1) is 0 Å². The number of rotatable bonds is 5. The lowest BCUT2D eigenvalue weighted by Crippen LogP contribution is -2.26. The molecule has 1 saturated carbocycles. The van der Waals surface area contributed by atoms with Crippen LogP contribution in [0.5, 0.6) is 0 Å². The van der Waals surface area contributed by atoms with Crippen molar-refractivity contribution in [2.45, 2.75) is 70.3 Å². The molecule has 2 atom stereocenters. The normalized spacial score (nSPS) is 21.4. The van der Waals surface area contributed by atoms with Crippen molar-refractivity contribution in [2.75, 3.05) is 11.8 Å². The summed E-state index contributed by atoms with van der Waals surface area (Å²) in [6, 6.07) is 2.33. The van der Waals surface area contributed by atoms with E-state index in [1.54, 1.807) is 0 Å². The maximum Gasteiger partial charge on any atom is 0.178 e. The molecule has 1 aliphatic carbocycles. The lowest BCUT2D eigenvalue weighted by Gasteiger charge is -2.23. The summed E-state index contributed by atoms with van der Waals surface area (Å²) in [5.74, 6) is 0.735. The molecule has 1 heterocycles. The molecule has 3 heteroatoms. The summed E-state index contributed by atoms with van der Waals surface area (Å²) >= 11 is 0. The molecule has 2 unspecified atom stereocenters. The number of thiophene rings is 1. The Morgan fingerprint density at radius 1 is 1.37 bits per heavy atom. The van der Waals surface area contributed by atoms with Gasteiger partial charge in [-0.3, -0.25) is 0 Å². The first-order chi connectivity index (χ1) is 9.07. The van der Waals surface area contributed by atoms with Crippen LogP contribution in [0.15, 0.2) is 11.4 Å². The summed E-state index contributed by atoms with van der Waals surface area (Å²) in [4.78, 5) is 1.46. The summed E-state index contributed by atoms with van der Waals surface area (Å²) in [6.45, 7) is 4.04. The second-order valence-electron chi connectivity index (χ2n) is 6.09. The average Bonchev–Trinajstić information content (AvgIpc) is 2.82. The molecule has 0 aliphatic heterocycles. The van der Waals surface area contributed by atoms with Crippen LogP contribution < -0.4 is 4.72 Å². The maximum absolute atomic E-state index is 10.4. The zero-order valence-corrected chi connectivity index (χ0v) is 13.4. The van der Waals surface area contributed by atoms with Crippen molar-refractivity contribution in [1.29, 1.82) is 0 Å². The third kappa shape index (κ3) is 3.59. The van der Waals surface area contributed by atoms with E-state index in [1.165, 1.54) is 42.5 Å². The van der Waals surface area contributed by atoms with Crippen molar-refractivity contribution >= 4 is 10.7 Å².